The zero-order chi connectivity index (χ0) is 20.9. The number of hydrogen-bond acceptors (Lipinski definition) is 8. The van der Waals surface area contributed by atoms with Gasteiger partial charge in [-0.2, -0.15) is 15.3 Å². The van der Waals surface area contributed by atoms with Crippen LogP contribution in [0.5, 0.6) is 0 Å². The van der Waals surface area contributed by atoms with Gasteiger partial charge in [-0.15, -0.1) is 0 Å². The fourth-order valence-corrected chi connectivity index (χ4v) is 3.89. The number of nitriles is 1. The first kappa shape index (κ1) is 18.5. The van der Waals surface area contributed by atoms with Crippen LogP contribution in [0.1, 0.15) is 12.8 Å². The van der Waals surface area contributed by atoms with Crippen molar-refractivity contribution in [3.8, 4) is 6.07 Å². The summed E-state index contributed by atoms with van der Waals surface area (Å²) < 4.78 is 9.88. The number of imidazole rings is 1. The fraction of sp³-hybridized carbons (Fsp3) is 0.333. The maximum atomic E-state index is 13.0. The Balaban J connectivity index is 1.64. The topological polar surface area (TPSA) is 128 Å². The standard InChI is InChI=1S/C18H16ClN9O2/c1-26-13-7-21-16(24-12-8-27-14(6-11(12)19)22-10-23-27)25-15(13)28(17(26)29)18(9-20)2-4-30-5-3-18/h6-8,10H,2-5H2,1H3,(H,21,24,25). The predicted molar refractivity (Wildman–Crippen MR) is 108 cm³/mol. The molecule has 0 aromatic carbocycles. The Kier molecular flexibility index (Phi) is 4.19. The molecule has 152 valence electrons. The number of aromatic nitrogens is 7. The maximum Gasteiger partial charge on any atom is 0.331 e. The molecule has 12 heteroatoms. The molecule has 0 atom stereocenters. The van der Waals surface area contributed by atoms with Gasteiger partial charge in [0.2, 0.25) is 5.95 Å². The van der Waals surface area contributed by atoms with Crippen LogP contribution >= 0.6 is 11.6 Å². The van der Waals surface area contributed by atoms with Gasteiger partial charge in [-0.3, -0.25) is 9.13 Å². The van der Waals surface area contributed by atoms with Crippen LogP contribution in [0.2, 0.25) is 5.02 Å². The number of anilines is 2. The van der Waals surface area contributed by atoms with Crippen LogP contribution in [-0.4, -0.2) is 46.9 Å². The zero-order valence-electron chi connectivity index (χ0n) is 15.9. The first-order valence-corrected chi connectivity index (χ1v) is 9.60. The van der Waals surface area contributed by atoms with Gasteiger partial charge >= 0.3 is 5.69 Å². The molecule has 4 aromatic heterocycles. The highest BCUT2D eigenvalue weighted by atomic mass is 35.5. The average molecular weight is 426 g/mol. The minimum atomic E-state index is -1.02. The lowest BCUT2D eigenvalue weighted by molar-refractivity contribution is 0.0448. The molecule has 0 aliphatic carbocycles. The maximum absolute atomic E-state index is 13.0. The lowest BCUT2D eigenvalue weighted by Gasteiger charge is -2.31. The van der Waals surface area contributed by atoms with E-state index in [0.29, 0.717) is 53.6 Å². The van der Waals surface area contributed by atoms with E-state index < -0.39 is 5.54 Å². The van der Waals surface area contributed by atoms with E-state index in [0.717, 1.165) is 0 Å². The highest BCUT2D eigenvalue weighted by molar-refractivity contribution is 6.33. The van der Waals surface area contributed by atoms with Gasteiger partial charge < -0.3 is 10.1 Å². The van der Waals surface area contributed by atoms with E-state index in [-0.39, 0.29) is 11.6 Å². The van der Waals surface area contributed by atoms with Crippen molar-refractivity contribution in [2.75, 3.05) is 18.5 Å². The van der Waals surface area contributed by atoms with E-state index in [4.69, 9.17) is 16.3 Å². The van der Waals surface area contributed by atoms with Crippen molar-refractivity contribution in [2.45, 2.75) is 18.4 Å². The number of nitrogens with one attached hydrogen (secondary N) is 1. The first-order valence-electron chi connectivity index (χ1n) is 9.22. The van der Waals surface area contributed by atoms with Crippen molar-refractivity contribution < 1.29 is 4.74 Å². The summed E-state index contributed by atoms with van der Waals surface area (Å²) in [6.45, 7) is 0.806. The van der Waals surface area contributed by atoms with Gasteiger partial charge in [0.25, 0.3) is 0 Å². The molecule has 5 heterocycles. The van der Waals surface area contributed by atoms with E-state index in [1.807, 2.05) is 0 Å². The Hall–Kier alpha value is -3.49. The zero-order valence-corrected chi connectivity index (χ0v) is 16.7. The van der Waals surface area contributed by atoms with Crippen molar-refractivity contribution in [1.29, 1.82) is 5.26 Å². The van der Waals surface area contributed by atoms with Crippen LogP contribution in [-0.2, 0) is 17.3 Å². The van der Waals surface area contributed by atoms with Crippen molar-refractivity contribution in [2.24, 2.45) is 7.05 Å². The second-order valence-electron chi connectivity index (χ2n) is 7.06. The van der Waals surface area contributed by atoms with E-state index in [1.54, 1.807) is 30.0 Å². The molecule has 4 aromatic rings. The number of ether oxygens (including phenoxy) is 1. The van der Waals surface area contributed by atoms with Crippen molar-refractivity contribution in [1.82, 2.24) is 33.7 Å². The number of hydrogen-bond donors (Lipinski definition) is 1. The second kappa shape index (κ2) is 6.79. The molecule has 5 rings (SSSR count). The number of rotatable bonds is 3. The van der Waals surface area contributed by atoms with Crippen LogP contribution in [0.4, 0.5) is 11.6 Å². The summed E-state index contributed by atoms with van der Waals surface area (Å²) in [5.41, 5.74) is 0.708. The quantitative estimate of drug-likeness (QED) is 0.524. The Morgan fingerprint density at radius 1 is 1.33 bits per heavy atom. The third-order valence-corrected chi connectivity index (χ3v) is 5.68. The van der Waals surface area contributed by atoms with E-state index >= 15 is 0 Å². The third kappa shape index (κ3) is 2.72. The normalized spacial score (nSPS) is 16.0. The summed E-state index contributed by atoms with van der Waals surface area (Å²) in [5.74, 6) is 0.239. The average Bonchev–Trinajstić information content (AvgIpc) is 3.31. The molecule has 1 N–H and O–H groups in total. The van der Waals surface area contributed by atoms with Gasteiger partial charge in [-0.1, -0.05) is 11.6 Å². The van der Waals surface area contributed by atoms with Crippen LogP contribution in [0.3, 0.4) is 0 Å². The highest BCUT2D eigenvalue weighted by Crippen LogP contribution is 2.31. The molecule has 0 amide bonds. The summed E-state index contributed by atoms with van der Waals surface area (Å²) >= 11 is 6.34. The molecular weight excluding hydrogens is 410 g/mol. The first-order chi connectivity index (χ1) is 14.5. The monoisotopic (exact) mass is 425 g/mol. The van der Waals surface area contributed by atoms with Crippen LogP contribution < -0.4 is 11.0 Å². The van der Waals surface area contributed by atoms with E-state index in [1.165, 1.54) is 15.5 Å². The smallest absolute Gasteiger partial charge is 0.331 e. The van der Waals surface area contributed by atoms with Gasteiger partial charge in [-0.25, -0.2) is 19.3 Å². The Morgan fingerprint density at radius 2 is 2.13 bits per heavy atom. The SMILES string of the molecule is Cn1c(=O)n(C2(C#N)CCOCC2)c2nc(Nc3cn4ncnc4cc3Cl)ncc21. The Labute approximate surface area is 174 Å². The lowest BCUT2D eigenvalue weighted by atomic mass is 9.91. The minimum Gasteiger partial charge on any atom is -0.381 e. The summed E-state index contributed by atoms with van der Waals surface area (Å²) in [5, 5.41) is 17.5. The van der Waals surface area contributed by atoms with Gasteiger partial charge in [0.05, 0.1) is 29.2 Å². The van der Waals surface area contributed by atoms with E-state index in [2.05, 4.69) is 31.4 Å². The third-order valence-electron chi connectivity index (χ3n) is 5.37. The van der Waals surface area contributed by atoms with Crippen molar-refractivity contribution in [3.63, 3.8) is 0 Å². The molecular formula is C18H16ClN9O2. The summed E-state index contributed by atoms with van der Waals surface area (Å²) in [4.78, 5) is 26.0. The number of nitrogens with zero attached hydrogens (tertiary/aromatic N) is 8. The molecule has 0 radical (unpaired) electrons. The Bertz CT molecular complexity index is 1370. The number of halogens is 1. The lowest BCUT2D eigenvalue weighted by Crippen LogP contribution is -2.44. The van der Waals surface area contributed by atoms with Crippen LogP contribution in [0.15, 0.2) is 29.6 Å². The summed E-state index contributed by atoms with van der Waals surface area (Å²) in [6, 6.07) is 3.99. The second-order valence-corrected chi connectivity index (χ2v) is 7.47. The molecule has 1 aliphatic heterocycles. The fourth-order valence-electron chi connectivity index (χ4n) is 3.70. The minimum absolute atomic E-state index is 0.239. The molecule has 11 nitrogen and oxygen atoms in total. The predicted octanol–water partition coefficient (Wildman–Crippen LogP) is 1.60. The summed E-state index contributed by atoms with van der Waals surface area (Å²) in [6.07, 6.45) is 5.46. The summed E-state index contributed by atoms with van der Waals surface area (Å²) in [7, 11) is 1.64. The van der Waals surface area contributed by atoms with Gasteiger partial charge in [0.15, 0.2) is 11.3 Å². The molecule has 0 bridgehead atoms. The number of fused-ring (bicyclic) bond motifs is 2. The molecule has 0 unspecified atom stereocenters. The van der Waals surface area contributed by atoms with Crippen molar-refractivity contribution in [3.05, 3.63) is 40.3 Å². The van der Waals surface area contributed by atoms with Gasteiger partial charge in [-0.05, 0) is 0 Å². The van der Waals surface area contributed by atoms with Gasteiger partial charge in [0, 0.05) is 39.2 Å². The Morgan fingerprint density at radius 3 is 2.90 bits per heavy atom. The molecule has 1 aliphatic rings. The van der Waals surface area contributed by atoms with Crippen molar-refractivity contribution >= 4 is 40.0 Å². The van der Waals surface area contributed by atoms with Crippen LogP contribution in [0.25, 0.3) is 16.8 Å². The molecule has 0 saturated carbocycles. The van der Waals surface area contributed by atoms with E-state index in [9.17, 15) is 10.1 Å². The molecule has 1 saturated heterocycles. The largest absolute Gasteiger partial charge is 0.381 e. The molecule has 1 fully saturated rings. The molecule has 30 heavy (non-hydrogen) atoms. The number of aryl methyl sites for hydroxylation is 1. The number of pyridine rings is 1. The highest BCUT2D eigenvalue weighted by Gasteiger charge is 2.38. The molecule has 0 spiro atoms. The van der Waals surface area contributed by atoms with Crippen LogP contribution in [0, 0.1) is 11.3 Å². The van der Waals surface area contributed by atoms with Gasteiger partial charge in [0.1, 0.15) is 17.4 Å².